The van der Waals surface area contributed by atoms with Gasteiger partial charge in [0.25, 0.3) is 0 Å². The molecule has 0 saturated carbocycles. The van der Waals surface area contributed by atoms with E-state index in [4.69, 9.17) is 0 Å². The Kier molecular flexibility index (Phi) is 6.05. The predicted molar refractivity (Wildman–Crippen MR) is 64.6 cm³/mol. The molecule has 0 aromatic carbocycles. The minimum Gasteiger partial charge on any atom is -0.313 e. The summed E-state index contributed by atoms with van der Waals surface area (Å²) in [5.74, 6) is 0. The van der Waals surface area contributed by atoms with Crippen molar-refractivity contribution >= 4 is 0 Å². The SMILES string of the molecule is C=C(CNCC)CN(C)CC(C)(C)C. The topological polar surface area (TPSA) is 15.3 Å². The highest BCUT2D eigenvalue weighted by Crippen LogP contribution is 2.14. The molecule has 0 heterocycles. The summed E-state index contributed by atoms with van der Waals surface area (Å²) in [6.45, 7) is 17.0. The van der Waals surface area contributed by atoms with E-state index in [9.17, 15) is 0 Å². The van der Waals surface area contributed by atoms with Gasteiger partial charge >= 0.3 is 0 Å². The van der Waals surface area contributed by atoms with Crippen LogP contribution < -0.4 is 5.32 Å². The van der Waals surface area contributed by atoms with Crippen LogP contribution in [0, 0.1) is 5.41 Å². The largest absolute Gasteiger partial charge is 0.313 e. The number of hydrogen-bond acceptors (Lipinski definition) is 2. The summed E-state index contributed by atoms with van der Waals surface area (Å²) >= 11 is 0. The van der Waals surface area contributed by atoms with Gasteiger partial charge in [-0.1, -0.05) is 34.3 Å². The lowest BCUT2D eigenvalue weighted by Gasteiger charge is -2.27. The summed E-state index contributed by atoms with van der Waals surface area (Å²) in [5, 5.41) is 3.29. The van der Waals surface area contributed by atoms with Gasteiger partial charge in [0.1, 0.15) is 0 Å². The molecule has 84 valence electrons. The number of likely N-dealkylation sites (N-methyl/N-ethyl adjacent to an activating group) is 2. The molecule has 0 saturated heterocycles. The molecule has 14 heavy (non-hydrogen) atoms. The first-order valence-corrected chi connectivity index (χ1v) is 5.41. The van der Waals surface area contributed by atoms with Crippen molar-refractivity contribution in [1.29, 1.82) is 0 Å². The van der Waals surface area contributed by atoms with Gasteiger partial charge in [0.2, 0.25) is 0 Å². The van der Waals surface area contributed by atoms with E-state index in [0.717, 1.165) is 26.2 Å². The van der Waals surface area contributed by atoms with E-state index in [0.29, 0.717) is 5.41 Å². The van der Waals surface area contributed by atoms with Gasteiger partial charge in [-0.3, -0.25) is 0 Å². The highest BCUT2D eigenvalue weighted by atomic mass is 15.1. The van der Waals surface area contributed by atoms with E-state index in [2.05, 4.69) is 51.5 Å². The van der Waals surface area contributed by atoms with E-state index in [1.807, 2.05) is 0 Å². The number of nitrogens with one attached hydrogen (secondary N) is 1. The van der Waals surface area contributed by atoms with E-state index in [1.165, 1.54) is 5.57 Å². The zero-order valence-electron chi connectivity index (χ0n) is 10.5. The van der Waals surface area contributed by atoms with Crippen molar-refractivity contribution in [3.8, 4) is 0 Å². The van der Waals surface area contributed by atoms with Crippen molar-refractivity contribution in [2.75, 3.05) is 33.2 Å². The maximum absolute atomic E-state index is 4.06. The molecule has 2 nitrogen and oxygen atoms in total. The van der Waals surface area contributed by atoms with Crippen LogP contribution in [0.4, 0.5) is 0 Å². The smallest absolute Gasteiger partial charge is 0.0200 e. The van der Waals surface area contributed by atoms with Crippen molar-refractivity contribution in [3.05, 3.63) is 12.2 Å². The van der Waals surface area contributed by atoms with E-state index in [-0.39, 0.29) is 0 Å². The number of nitrogens with zero attached hydrogens (tertiary/aromatic N) is 1. The highest BCUT2D eigenvalue weighted by molar-refractivity contribution is 4.99. The summed E-state index contributed by atoms with van der Waals surface area (Å²) in [6, 6.07) is 0. The molecule has 0 aliphatic carbocycles. The van der Waals surface area contributed by atoms with Crippen LogP contribution >= 0.6 is 0 Å². The van der Waals surface area contributed by atoms with Gasteiger partial charge in [0.15, 0.2) is 0 Å². The van der Waals surface area contributed by atoms with Crippen LogP contribution in [-0.2, 0) is 0 Å². The first-order chi connectivity index (χ1) is 6.35. The first kappa shape index (κ1) is 13.7. The van der Waals surface area contributed by atoms with Gasteiger partial charge in [-0.05, 0) is 24.6 Å². The molecule has 0 rings (SSSR count). The summed E-state index contributed by atoms with van der Waals surface area (Å²) in [5.41, 5.74) is 1.63. The molecule has 0 aromatic rings. The minimum absolute atomic E-state index is 0.368. The van der Waals surface area contributed by atoms with Gasteiger partial charge < -0.3 is 10.2 Å². The van der Waals surface area contributed by atoms with Gasteiger partial charge in [-0.15, -0.1) is 0 Å². The second-order valence-electron chi connectivity index (χ2n) is 5.26. The van der Waals surface area contributed by atoms with Crippen LogP contribution in [0.1, 0.15) is 27.7 Å². The molecule has 1 N–H and O–H groups in total. The molecular weight excluding hydrogens is 172 g/mol. The van der Waals surface area contributed by atoms with Gasteiger partial charge in [-0.25, -0.2) is 0 Å². The number of hydrogen-bond donors (Lipinski definition) is 1. The lowest BCUT2D eigenvalue weighted by molar-refractivity contribution is 0.240. The third-order valence-electron chi connectivity index (χ3n) is 1.86. The Hall–Kier alpha value is -0.340. The third-order valence-corrected chi connectivity index (χ3v) is 1.86. The lowest BCUT2D eigenvalue weighted by Crippen LogP contribution is -2.32. The quantitative estimate of drug-likeness (QED) is 0.658. The fraction of sp³-hybridized carbons (Fsp3) is 0.833. The highest BCUT2D eigenvalue weighted by Gasteiger charge is 2.13. The fourth-order valence-electron chi connectivity index (χ4n) is 1.61. The van der Waals surface area contributed by atoms with Crippen LogP contribution in [0.15, 0.2) is 12.2 Å². The van der Waals surface area contributed by atoms with Crippen molar-refractivity contribution in [1.82, 2.24) is 10.2 Å². The lowest BCUT2D eigenvalue weighted by atomic mass is 9.96. The molecule has 0 bridgehead atoms. The molecule has 0 spiro atoms. The maximum Gasteiger partial charge on any atom is 0.0200 e. The van der Waals surface area contributed by atoms with Crippen molar-refractivity contribution < 1.29 is 0 Å². The molecule has 0 fully saturated rings. The van der Waals surface area contributed by atoms with Crippen LogP contribution in [0.5, 0.6) is 0 Å². The van der Waals surface area contributed by atoms with Gasteiger partial charge in [-0.2, -0.15) is 0 Å². The Morgan fingerprint density at radius 1 is 1.36 bits per heavy atom. The molecule has 0 aliphatic rings. The average molecular weight is 198 g/mol. The Bertz CT molecular complexity index is 168. The maximum atomic E-state index is 4.06. The van der Waals surface area contributed by atoms with Crippen molar-refractivity contribution in [3.63, 3.8) is 0 Å². The molecule has 2 heteroatoms. The van der Waals surface area contributed by atoms with E-state index < -0.39 is 0 Å². The summed E-state index contributed by atoms with van der Waals surface area (Å²) in [7, 11) is 2.16. The van der Waals surface area contributed by atoms with E-state index >= 15 is 0 Å². The Balaban J connectivity index is 3.71. The molecule has 0 radical (unpaired) electrons. The van der Waals surface area contributed by atoms with Crippen LogP contribution in [-0.4, -0.2) is 38.1 Å². The van der Waals surface area contributed by atoms with Gasteiger partial charge in [0, 0.05) is 19.6 Å². The number of rotatable bonds is 6. The molecular formula is C12H26N2. The normalized spacial score (nSPS) is 12.1. The zero-order chi connectivity index (χ0) is 11.2. The Morgan fingerprint density at radius 2 is 1.93 bits per heavy atom. The first-order valence-electron chi connectivity index (χ1n) is 5.41. The summed E-state index contributed by atoms with van der Waals surface area (Å²) in [4.78, 5) is 2.33. The minimum atomic E-state index is 0.368. The Labute approximate surface area is 89.4 Å². The third kappa shape index (κ3) is 8.27. The molecule has 0 unspecified atom stereocenters. The molecule has 0 aliphatic heterocycles. The zero-order valence-corrected chi connectivity index (χ0v) is 10.5. The predicted octanol–water partition coefficient (Wildman–Crippen LogP) is 2.13. The Morgan fingerprint density at radius 3 is 2.36 bits per heavy atom. The van der Waals surface area contributed by atoms with Gasteiger partial charge in [0.05, 0.1) is 0 Å². The average Bonchev–Trinajstić information content (AvgIpc) is 1.96. The standard InChI is InChI=1S/C12H26N2/c1-7-13-8-11(2)9-14(6)10-12(3,4)5/h13H,2,7-10H2,1,3-6H3. The summed E-state index contributed by atoms with van der Waals surface area (Å²) in [6.07, 6.45) is 0. The van der Waals surface area contributed by atoms with Crippen molar-refractivity contribution in [2.45, 2.75) is 27.7 Å². The molecule has 0 amide bonds. The fourth-order valence-corrected chi connectivity index (χ4v) is 1.61. The van der Waals surface area contributed by atoms with Crippen LogP contribution in [0.2, 0.25) is 0 Å². The summed E-state index contributed by atoms with van der Waals surface area (Å²) < 4.78 is 0. The molecule has 0 atom stereocenters. The van der Waals surface area contributed by atoms with E-state index in [1.54, 1.807) is 0 Å². The molecule has 0 aromatic heterocycles. The van der Waals surface area contributed by atoms with Crippen LogP contribution in [0.25, 0.3) is 0 Å². The monoisotopic (exact) mass is 198 g/mol. The van der Waals surface area contributed by atoms with Crippen molar-refractivity contribution in [2.24, 2.45) is 5.41 Å². The second kappa shape index (κ2) is 6.20. The second-order valence-corrected chi connectivity index (χ2v) is 5.26. The van der Waals surface area contributed by atoms with Crippen LogP contribution in [0.3, 0.4) is 0 Å².